The molecule has 9 heteroatoms. The van der Waals surface area contributed by atoms with Crippen molar-refractivity contribution >= 4 is 41.5 Å². The minimum Gasteiger partial charge on any atom is -0.497 e. The number of carbonyl (C=O) groups is 1. The summed E-state index contributed by atoms with van der Waals surface area (Å²) < 4.78 is 16.0. The van der Waals surface area contributed by atoms with Crippen molar-refractivity contribution in [3.63, 3.8) is 0 Å². The molecular formula is C22H31IN4O4. The Kier molecular flexibility index (Phi) is 12.2. The number of methoxy groups -OCH3 is 2. The second kappa shape index (κ2) is 14.3. The van der Waals surface area contributed by atoms with E-state index in [9.17, 15) is 4.79 Å². The molecule has 1 amide bonds. The van der Waals surface area contributed by atoms with Crippen molar-refractivity contribution in [2.45, 2.75) is 13.8 Å². The van der Waals surface area contributed by atoms with Gasteiger partial charge < -0.3 is 30.2 Å². The summed E-state index contributed by atoms with van der Waals surface area (Å²) >= 11 is 0. The molecule has 0 bridgehead atoms. The largest absolute Gasteiger partial charge is 0.497 e. The second-order valence-corrected chi connectivity index (χ2v) is 6.17. The molecule has 0 heterocycles. The maximum absolute atomic E-state index is 12.2. The van der Waals surface area contributed by atoms with E-state index in [1.54, 1.807) is 38.5 Å². The molecule has 2 aromatic rings. The summed E-state index contributed by atoms with van der Waals surface area (Å²) in [5.74, 6) is 2.51. The van der Waals surface area contributed by atoms with Crippen LogP contribution in [0.3, 0.4) is 0 Å². The Labute approximate surface area is 200 Å². The van der Waals surface area contributed by atoms with Gasteiger partial charge in [-0.15, -0.1) is 24.0 Å². The number of halogens is 1. The van der Waals surface area contributed by atoms with E-state index >= 15 is 0 Å². The van der Waals surface area contributed by atoms with Gasteiger partial charge >= 0.3 is 0 Å². The number of hydrogen-bond acceptors (Lipinski definition) is 5. The Bertz CT molecular complexity index is 844. The van der Waals surface area contributed by atoms with Crippen LogP contribution in [0, 0.1) is 0 Å². The van der Waals surface area contributed by atoms with Gasteiger partial charge in [-0.05, 0) is 50.2 Å². The molecular weight excluding hydrogens is 511 g/mol. The molecule has 0 aliphatic carbocycles. The van der Waals surface area contributed by atoms with Crippen molar-refractivity contribution in [1.29, 1.82) is 0 Å². The van der Waals surface area contributed by atoms with Crippen LogP contribution in [0.4, 0.5) is 5.69 Å². The van der Waals surface area contributed by atoms with Crippen molar-refractivity contribution in [2.24, 2.45) is 4.99 Å². The molecule has 2 aromatic carbocycles. The Morgan fingerprint density at radius 3 is 2.32 bits per heavy atom. The fourth-order valence-electron chi connectivity index (χ4n) is 2.65. The lowest BCUT2D eigenvalue weighted by Crippen LogP contribution is -2.32. The Hall–Kier alpha value is -2.69. The molecule has 0 aromatic heterocycles. The number of benzene rings is 2. The van der Waals surface area contributed by atoms with Gasteiger partial charge in [-0.1, -0.05) is 0 Å². The number of hydrogen-bond donors (Lipinski definition) is 3. The highest BCUT2D eigenvalue weighted by molar-refractivity contribution is 14.0. The number of amides is 1. The van der Waals surface area contributed by atoms with Gasteiger partial charge in [0.05, 0.1) is 27.4 Å². The average molecular weight is 542 g/mol. The van der Waals surface area contributed by atoms with Crippen molar-refractivity contribution in [1.82, 2.24) is 10.6 Å². The molecule has 0 unspecified atom stereocenters. The molecule has 0 radical (unpaired) electrons. The molecule has 0 atom stereocenters. The van der Waals surface area contributed by atoms with E-state index in [-0.39, 0.29) is 29.9 Å². The van der Waals surface area contributed by atoms with Crippen LogP contribution < -0.4 is 30.2 Å². The van der Waals surface area contributed by atoms with Gasteiger partial charge in [0.2, 0.25) is 0 Å². The molecule has 0 saturated carbocycles. The number of carbonyl (C=O) groups excluding carboxylic acids is 1. The SMILES string of the molecule is CCNC(=NCCNC(=O)c1ccc(OC)cc1)Nc1ccc(OCC)c(OC)c1.I. The number of ether oxygens (including phenoxy) is 3. The quantitative estimate of drug-likeness (QED) is 0.184. The maximum atomic E-state index is 12.2. The number of rotatable bonds is 10. The molecule has 0 aliphatic heterocycles. The molecule has 3 N–H and O–H groups in total. The molecule has 0 aliphatic rings. The molecule has 0 fully saturated rings. The van der Waals surface area contributed by atoms with E-state index < -0.39 is 0 Å². The molecule has 31 heavy (non-hydrogen) atoms. The minimum absolute atomic E-state index is 0. The summed E-state index contributed by atoms with van der Waals surface area (Å²) in [7, 11) is 3.19. The predicted octanol–water partition coefficient (Wildman–Crippen LogP) is 3.53. The van der Waals surface area contributed by atoms with Gasteiger partial charge in [-0.2, -0.15) is 0 Å². The van der Waals surface area contributed by atoms with E-state index in [1.807, 2.05) is 32.0 Å². The number of nitrogens with zero attached hydrogens (tertiary/aromatic N) is 1. The monoisotopic (exact) mass is 542 g/mol. The lowest BCUT2D eigenvalue weighted by atomic mass is 10.2. The fraction of sp³-hybridized carbons (Fsp3) is 0.364. The molecule has 170 valence electrons. The first-order valence-electron chi connectivity index (χ1n) is 9.89. The van der Waals surface area contributed by atoms with Gasteiger partial charge in [0.1, 0.15) is 5.75 Å². The zero-order valence-corrected chi connectivity index (χ0v) is 20.7. The van der Waals surface area contributed by atoms with Crippen LogP contribution in [0.2, 0.25) is 0 Å². The van der Waals surface area contributed by atoms with Gasteiger partial charge in [0.25, 0.3) is 5.91 Å². The van der Waals surface area contributed by atoms with Gasteiger partial charge in [-0.25, -0.2) is 0 Å². The van der Waals surface area contributed by atoms with Gasteiger partial charge in [0.15, 0.2) is 17.5 Å². The number of aliphatic imine (C=N–C) groups is 1. The normalized spacial score (nSPS) is 10.5. The first kappa shape index (κ1) is 26.3. The molecule has 8 nitrogen and oxygen atoms in total. The Morgan fingerprint density at radius 2 is 1.71 bits per heavy atom. The van der Waals surface area contributed by atoms with Crippen LogP contribution in [0.5, 0.6) is 17.2 Å². The van der Waals surface area contributed by atoms with Gasteiger partial charge in [-0.3, -0.25) is 9.79 Å². The molecule has 0 saturated heterocycles. The number of nitrogens with one attached hydrogen (secondary N) is 3. The third-order valence-corrected chi connectivity index (χ3v) is 4.09. The van der Waals surface area contributed by atoms with Crippen molar-refractivity contribution in [3.05, 3.63) is 48.0 Å². The van der Waals surface area contributed by atoms with E-state index in [0.717, 1.165) is 5.69 Å². The summed E-state index contributed by atoms with van der Waals surface area (Å²) in [6.45, 7) is 6.02. The standard InChI is InChI=1S/C22H30N4O4.HI/c1-5-23-22(26-17-9-12-19(30-6-2)20(15-17)29-4)25-14-13-24-21(27)16-7-10-18(28-3)11-8-16;/h7-12,15H,5-6,13-14H2,1-4H3,(H,24,27)(H2,23,25,26);1H. The van der Waals surface area contributed by atoms with E-state index in [1.165, 1.54) is 0 Å². The van der Waals surface area contributed by atoms with E-state index in [0.29, 0.717) is 55.0 Å². The number of anilines is 1. The minimum atomic E-state index is -0.151. The summed E-state index contributed by atoms with van der Waals surface area (Å²) in [6.07, 6.45) is 0. The highest BCUT2D eigenvalue weighted by Crippen LogP contribution is 2.30. The summed E-state index contributed by atoms with van der Waals surface area (Å²) in [4.78, 5) is 16.7. The maximum Gasteiger partial charge on any atom is 0.251 e. The highest BCUT2D eigenvalue weighted by atomic mass is 127. The lowest BCUT2D eigenvalue weighted by Gasteiger charge is -2.14. The van der Waals surface area contributed by atoms with E-state index in [2.05, 4.69) is 20.9 Å². The zero-order valence-electron chi connectivity index (χ0n) is 18.4. The number of guanidine groups is 1. The highest BCUT2D eigenvalue weighted by Gasteiger charge is 2.07. The third kappa shape index (κ3) is 8.52. The van der Waals surface area contributed by atoms with Crippen LogP contribution in [-0.4, -0.2) is 52.3 Å². The summed E-state index contributed by atoms with van der Waals surface area (Å²) in [5, 5.41) is 9.27. The third-order valence-electron chi connectivity index (χ3n) is 4.09. The topological polar surface area (TPSA) is 93.2 Å². The Morgan fingerprint density at radius 1 is 0.968 bits per heavy atom. The molecule has 0 spiro atoms. The first-order valence-corrected chi connectivity index (χ1v) is 9.89. The van der Waals surface area contributed by atoms with Crippen molar-refractivity contribution in [2.75, 3.05) is 45.8 Å². The Balaban J connectivity index is 0.00000480. The fourth-order valence-corrected chi connectivity index (χ4v) is 2.65. The van der Waals surface area contributed by atoms with Crippen LogP contribution >= 0.6 is 24.0 Å². The van der Waals surface area contributed by atoms with Crippen molar-refractivity contribution < 1.29 is 19.0 Å². The smallest absolute Gasteiger partial charge is 0.251 e. The van der Waals surface area contributed by atoms with Gasteiger partial charge in [0, 0.05) is 30.4 Å². The second-order valence-electron chi connectivity index (χ2n) is 6.17. The van der Waals surface area contributed by atoms with Crippen LogP contribution in [0.25, 0.3) is 0 Å². The van der Waals surface area contributed by atoms with Crippen LogP contribution in [-0.2, 0) is 0 Å². The van der Waals surface area contributed by atoms with Crippen molar-refractivity contribution in [3.8, 4) is 17.2 Å². The van der Waals surface area contributed by atoms with Crippen LogP contribution in [0.1, 0.15) is 24.2 Å². The molecule has 2 rings (SSSR count). The summed E-state index contributed by atoms with van der Waals surface area (Å²) in [6, 6.07) is 12.6. The first-order chi connectivity index (χ1) is 14.6. The van der Waals surface area contributed by atoms with Crippen LogP contribution in [0.15, 0.2) is 47.5 Å². The predicted molar refractivity (Wildman–Crippen MR) is 135 cm³/mol. The average Bonchev–Trinajstić information content (AvgIpc) is 2.77. The summed E-state index contributed by atoms with van der Waals surface area (Å²) in [5.41, 5.74) is 1.39. The lowest BCUT2D eigenvalue weighted by molar-refractivity contribution is 0.0955. The zero-order chi connectivity index (χ0) is 21.8. The van der Waals surface area contributed by atoms with E-state index in [4.69, 9.17) is 14.2 Å².